The maximum absolute atomic E-state index is 5.84. The first-order valence-electron chi connectivity index (χ1n) is 6.49. The van der Waals surface area contributed by atoms with Gasteiger partial charge >= 0.3 is 0 Å². The van der Waals surface area contributed by atoms with Gasteiger partial charge in [0.05, 0.1) is 11.2 Å². The van der Waals surface area contributed by atoms with Crippen LogP contribution in [0.3, 0.4) is 0 Å². The van der Waals surface area contributed by atoms with Crippen molar-refractivity contribution < 1.29 is 0 Å². The average molecular weight is 341 g/mol. The summed E-state index contributed by atoms with van der Waals surface area (Å²) < 4.78 is 0.964. The van der Waals surface area contributed by atoms with E-state index in [9.17, 15) is 0 Å². The first-order valence-corrected chi connectivity index (χ1v) is 7.82. The Balaban J connectivity index is 1.93. The van der Waals surface area contributed by atoms with Gasteiger partial charge in [0.15, 0.2) is 0 Å². The van der Waals surface area contributed by atoms with Gasteiger partial charge in [-0.3, -0.25) is 9.97 Å². The maximum atomic E-state index is 5.84. The van der Waals surface area contributed by atoms with Crippen LogP contribution in [-0.2, 0) is 0 Å². The highest BCUT2D eigenvalue weighted by Gasteiger charge is 2.23. The predicted octanol–water partition coefficient (Wildman–Crippen LogP) is 3.85. The van der Waals surface area contributed by atoms with E-state index < -0.39 is 0 Å². The number of halogens is 2. The molecule has 5 heteroatoms. The molecule has 1 unspecified atom stereocenters. The summed E-state index contributed by atoms with van der Waals surface area (Å²) in [6, 6.07) is 4.07. The van der Waals surface area contributed by atoms with Gasteiger partial charge < -0.3 is 4.90 Å². The second kappa shape index (κ2) is 5.63. The van der Waals surface area contributed by atoms with Crippen molar-refractivity contribution in [1.29, 1.82) is 0 Å². The van der Waals surface area contributed by atoms with Crippen LogP contribution in [0.2, 0.25) is 0 Å². The highest BCUT2D eigenvalue weighted by molar-refractivity contribution is 9.10. The lowest BCUT2D eigenvalue weighted by molar-refractivity contribution is 0.572. The Labute approximate surface area is 126 Å². The highest BCUT2D eigenvalue weighted by atomic mass is 79.9. The zero-order valence-electron chi connectivity index (χ0n) is 10.5. The van der Waals surface area contributed by atoms with Gasteiger partial charge in [-0.25, -0.2) is 0 Å². The third-order valence-corrected chi connectivity index (χ3v) is 4.32. The number of hydrogen-bond acceptors (Lipinski definition) is 3. The van der Waals surface area contributed by atoms with Gasteiger partial charge in [-0.2, -0.15) is 0 Å². The van der Waals surface area contributed by atoms with Crippen LogP contribution in [0.25, 0.3) is 11.0 Å². The van der Waals surface area contributed by atoms with Crippen molar-refractivity contribution in [3.05, 3.63) is 29.0 Å². The van der Waals surface area contributed by atoms with E-state index in [1.807, 2.05) is 18.5 Å². The van der Waals surface area contributed by atoms with Gasteiger partial charge in [0.2, 0.25) is 0 Å². The topological polar surface area (TPSA) is 29.0 Å². The summed E-state index contributed by atoms with van der Waals surface area (Å²) >= 11 is 9.28. The van der Waals surface area contributed by atoms with Gasteiger partial charge in [0.25, 0.3) is 0 Å². The molecule has 1 aliphatic heterocycles. The smallest absolute Gasteiger partial charge is 0.112 e. The van der Waals surface area contributed by atoms with E-state index in [1.165, 1.54) is 12.1 Å². The van der Waals surface area contributed by atoms with E-state index >= 15 is 0 Å². The highest BCUT2D eigenvalue weighted by Crippen LogP contribution is 2.30. The van der Waals surface area contributed by atoms with Gasteiger partial charge in [-0.1, -0.05) is 0 Å². The van der Waals surface area contributed by atoms with Crippen molar-refractivity contribution in [3.8, 4) is 0 Å². The molecule has 1 fully saturated rings. The van der Waals surface area contributed by atoms with Crippen molar-refractivity contribution in [2.45, 2.75) is 12.8 Å². The molecule has 3 heterocycles. The van der Waals surface area contributed by atoms with E-state index in [0.717, 1.165) is 40.9 Å². The third-order valence-electron chi connectivity index (χ3n) is 3.67. The fourth-order valence-electron chi connectivity index (χ4n) is 2.69. The Morgan fingerprint density at radius 3 is 3.16 bits per heavy atom. The standard InChI is InChI=1S/C14H15BrClN3/c15-11-7-12-14(18-8-11)13(2-5-17-12)19-6-3-10(9-19)1-4-16/h2,5,7-8,10H,1,3-4,6,9H2. The Kier molecular flexibility index (Phi) is 3.89. The van der Waals surface area contributed by atoms with Crippen LogP contribution in [0.4, 0.5) is 5.69 Å². The molecule has 0 bridgehead atoms. The van der Waals surface area contributed by atoms with Crippen molar-refractivity contribution >= 4 is 44.3 Å². The number of anilines is 1. The van der Waals surface area contributed by atoms with E-state index in [0.29, 0.717) is 5.92 Å². The largest absolute Gasteiger partial charge is 0.369 e. The fourth-order valence-corrected chi connectivity index (χ4v) is 3.32. The maximum Gasteiger partial charge on any atom is 0.112 e. The lowest BCUT2D eigenvalue weighted by atomic mass is 10.1. The number of rotatable bonds is 3. The number of fused-ring (bicyclic) bond motifs is 1. The van der Waals surface area contributed by atoms with E-state index in [2.05, 4.69) is 36.9 Å². The molecule has 3 rings (SSSR count). The lowest BCUT2D eigenvalue weighted by Crippen LogP contribution is -2.20. The molecule has 19 heavy (non-hydrogen) atoms. The normalized spacial score (nSPS) is 19.3. The molecule has 2 aromatic rings. The van der Waals surface area contributed by atoms with Gasteiger partial charge in [0.1, 0.15) is 5.52 Å². The van der Waals surface area contributed by atoms with Crippen molar-refractivity contribution in [2.75, 3.05) is 23.9 Å². The summed E-state index contributed by atoms with van der Waals surface area (Å²) in [7, 11) is 0. The fraction of sp³-hybridized carbons (Fsp3) is 0.429. The van der Waals surface area contributed by atoms with Crippen LogP contribution in [-0.4, -0.2) is 28.9 Å². The quantitative estimate of drug-likeness (QED) is 0.795. The molecule has 1 saturated heterocycles. The van der Waals surface area contributed by atoms with Crippen molar-refractivity contribution in [3.63, 3.8) is 0 Å². The molecule has 1 atom stereocenters. The first-order chi connectivity index (χ1) is 9.28. The molecule has 2 aromatic heterocycles. The number of alkyl halides is 1. The summed E-state index contributed by atoms with van der Waals surface area (Å²) in [6.45, 7) is 2.15. The zero-order chi connectivity index (χ0) is 13.2. The predicted molar refractivity (Wildman–Crippen MR) is 82.9 cm³/mol. The molecule has 0 aromatic carbocycles. The van der Waals surface area contributed by atoms with Crippen molar-refractivity contribution in [1.82, 2.24) is 9.97 Å². The molecule has 0 N–H and O–H groups in total. The Bertz CT molecular complexity index is 590. The van der Waals surface area contributed by atoms with Crippen LogP contribution in [0.15, 0.2) is 29.0 Å². The average Bonchev–Trinajstić information content (AvgIpc) is 2.86. The third kappa shape index (κ3) is 2.70. The summed E-state index contributed by atoms with van der Waals surface area (Å²) in [6.07, 6.45) is 6.01. The van der Waals surface area contributed by atoms with Crippen LogP contribution in [0, 0.1) is 5.92 Å². The van der Waals surface area contributed by atoms with Crippen LogP contribution < -0.4 is 4.90 Å². The van der Waals surface area contributed by atoms with E-state index in [1.54, 1.807) is 0 Å². The minimum absolute atomic E-state index is 0.705. The lowest BCUT2D eigenvalue weighted by Gasteiger charge is -2.19. The summed E-state index contributed by atoms with van der Waals surface area (Å²) in [5, 5.41) is 0. The molecule has 1 aliphatic rings. The molecule has 0 spiro atoms. The van der Waals surface area contributed by atoms with E-state index in [4.69, 9.17) is 11.6 Å². The number of nitrogens with zero attached hydrogens (tertiary/aromatic N) is 3. The number of pyridine rings is 2. The SMILES string of the molecule is ClCCC1CCN(c2ccnc3cc(Br)cnc23)C1. The first kappa shape index (κ1) is 13.1. The minimum atomic E-state index is 0.705. The monoisotopic (exact) mass is 339 g/mol. The molecule has 3 nitrogen and oxygen atoms in total. The zero-order valence-corrected chi connectivity index (χ0v) is 12.9. The van der Waals surface area contributed by atoms with Crippen LogP contribution >= 0.6 is 27.5 Å². The van der Waals surface area contributed by atoms with Gasteiger partial charge in [-0.15, -0.1) is 11.6 Å². The molecule has 0 saturated carbocycles. The molecule has 0 aliphatic carbocycles. The van der Waals surface area contributed by atoms with Crippen LogP contribution in [0.1, 0.15) is 12.8 Å². The minimum Gasteiger partial charge on any atom is -0.369 e. The summed E-state index contributed by atoms with van der Waals surface area (Å²) in [5.41, 5.74) is 3.11. The molecule has 0 amide bonds. The second-order valence-corrected chi connectivity index (χ2v) is 6.22. The Morgan fingerprint density at radius 2 is 2.32 bits per heavy atom. The van der Waals surface area contributed by atoms with Gasteiger partial charge in [0, 0.05) is 35.8 Å². The molecule has 0 radical (unpaired) electrons. The van der Waals surface area contributed by atoms with E-state index in [-0.39, 0.29) is 0 Å². The number of aromatic nitrogens is 2. The number of hydrogen-bond donors (Lipinski definition) is 0. The summed E-state index contributed by atoms with van der Waals surface area (Å²) in [5.74, 6) is 1.46. The second-order valence-electron chi connectivity index (χ2n) is 4.93. The molecular weight excluding hydrogens is 326 g/mol. The Hall–Kier alpha value is -0.870. The van der Waals surface area contributed by atoms with Crippen LogP contribution in [0.5, 0.6) is 0 Å². The van der Waals surface area contributed by atoms with Gasteiger partial charge in [-0.05, 0) is 46.8 Å². The summed E-state index contributed by atoms with van der Waals surface area (Å²) in [4.78, 5) is 11.3. The molecule has 100 valence electrons. The molecular formula is C14H15BrClN3. The Morgan fingerprint density at radius 1 is 1.42 bits per heavy atom. The van der Waals surface area contributed by atoms with Crippen molar-refractivity contribution in [2.24, 2.45) is 5.92 Å².